The van der Waals surface area contributed by atoms with Gasteiger partial charge in [0, 0.05) is 16.8 Å². The number of hydrogen-bond donors (Lipinski definition) is 2. The third-order valence-corrected chi connectivity index (χ3v) is 4.07. The Kier molecular flexibility index (Phi) is 7.42. The fraction of sp³-hybridized carbons (Fsp3) is 0.316. The Morgan fingerprint density at radius 2 is 1.73 bits per heavy atom. The van der Waals surface area contributed by atoms with Crippen LogP contribution in [0.3, 0.4) is 0 Å². The quantitative estimate of drug-likeness (QED) is 0.641. The van der Waals surface area contributed by atoms with Crippen LogP contribution in [-0.2, 0) is 4.79 Å². The maximum atomic E-state index is 12.4. The Balaban J connectivity index is 2.08. The number of rotatable bonds is 8. The van der Waals surface area contributed by atoms with Crippen LogP contribution < -0.4 is 20.1 Å². The number of hydrogen-bond acceptors (Lipinski definition) is 4. The van der Waals surface area contributed by atoms with Gasteiger partial charge in [-0.15, -0.1) is 0 Å². The highest BCUT2D eigenvalue weighted by atomic mass is 35.5. The Hall–Kier alpha value is -2.11. The molecule has 0 aliphatic rings. The molecular formula is C19H22Cl2N2O3. The van der Waals surface area contributed by atoms with E-state index in [1.54, 1.807) is 25.1 Å². The van der Waals surface area contributed by atoms with Gasteiger partial charge >= 0.3 is 0 Å². The lowest BCUT2D eigenvalue weighted by Gasteiger charge is -2.18. The molecule has 0 unspecified atom stereocenters. The molecule has 2 aromatic carbocycles. The summed E-state index contributed by atoms with van der Waals surface area (Å²) >= 11 is 12.0. The molecule has 1 atom stereocenters. The van der Waals surface area contributed by atoms with Crippen LogP contribution in [0.5, 0.6) is 11.5 Å². The van der Waals surface area contributed by atoms with E-state index in [0.717, 1.165) is 5.69 Å². The summed E-state index contributed by atoms with van der Waals surface area (Å²) in [7, 11) is 0. The van der Waals surface area contributed by atoms with Gasteiger partial charge in [0.2, 0.25) is 5.91 Å². The molecule has 0 radical (unpaired) electrons. The van der Waals surface area contributed by atoms with Gasteiger partial charge in [-0.2, -0.15) is 0 Å². The number of halogens is 2. The van der Waals surface area contributed by atoms with Crippen LogP contribution in [0.1, 0.15) is 20.8 Å². The van der Waals surface area contributed by atoms with Crippen LogP contribution in [0.25, 0.3) is 0 Å². The van der Waals surface area contributed by atoms with Crippen molar-refractivity contribution in [3.8, 4) is 11.5 Å². The van der Waals surface area contributed by atoms with Crippen molar-refractivity contribution in [2.45, 2.75) is 26.8 Å². The van der Waals surface area contributed by atoms with Crippen LogP contribution in [-0.4, -0.2) is 25.2 Å². The van der Waals surface area contributed by atoms with E-state index in [0.29, 0.717) is 40.4 Å². The van der Waals surface area contributed by atoms with Crippen LogP contribution in [0.15, 0.2) is 36.4 Å². The SMILES string of the molecule is CCOc1ccc(N[C@@H](C)C(=O)Nc2cc(Cl)ccc2Cl)cc1OCC. The van der Waals surface area contributed by atoms with Gasteiger partial charge in [-0.25, -0.2) is 0 Å². The Morgan fingerprint density at radius 3 is 2.42 bits per heavy atom. The summed E-state index contributed by atoms with van der Waals surface area (Å²) in [6.07, 6.45) is 0. The smallest absolute Gasteiger partial charge is 0.246 e. The number of benzene rings is 2. The zero-order valence-corrected chi connectivity index (χ0v) is 16.4. The molecule has 5 nitrogen and oxygen atoms in total. The molecule has 0 aliphatic carbocycles. The van der Waals surface area contributed by atoms with Gasteiger partial charge in [0.25, 0.3) is 0 Å². The lowest BCUT2D eigenvalue weighted by atomic mass is 10.2. The number of anilines is 2. The number of ether oxygens (including phenoxy) is 2. The molecule has 2 rings (SSSR count). The van der Waals surface area contributed by atoms with Crippen molar-refractivity contribution in [2.24, 2.45) is 0 Å². The van der Waals surface area contributed by atoms with E-state index in [1.165, 1.54) is 0 Å². The normalized spacial score (nSPS) is 11.6. The molecule has 140 valence electrons. The Morgan fingerprint density at radius 1 is 1.04 bits per heavy atom. The summed E-state index contributed by atoms with van der Waals surface area (Å²) in [5.41, 5.74) is 1.22. The van der Waals surface area contributed by atoms with Crippen molar-refractivity contribution in [1.82, 2.24) is 0 Å². The molecule has 0 heterocycles. The van der Waals surface area contributed by atoms with Gasteiger partial charge in [-0.1, -0.05) is 23.2 Å². The molecule has 0 spiro atoms. The van der Waals surface area contributed by atoms with Crippen LogP contribution >= 0.6 is 23.2 Å². The second kappa shape index (κ2) is 9.55. The molecule has 0 saturated carbocycles. The molecule has 0 aliphatic heterocycles. The highest BCUT2D eigenvalue weighted by Crippen LogP contribution is 2.31. The third-order valence-electron chi connectivity index (χ3n) is 3.51. The zero-order valence-electron chi connectivity index (χ0n) is 14.9. The second-order valence-corrected chi connectivity index (χ2v) is 6.35. The van der Waals surface area contributed by atoms with Crippen LogP contribution in [0.2, 0.25) is 10.0 Å². The first-order valence-corrected chi connectivity index (χ1v) is 9.12. The van der Waals surface area contributed by atoms with Crippen molar-refractivity contribution in [3.63, 3.8) is 0 Å². The fourth-order valence-corrected chi connectivity index (χ4v) is 2.63. The van der Waals surface area contributed by atoms with E-state index in [1.807, 2.05) is 32.0 Å². The van der Waals surface area contributed by atoms with Crippen molar-refractivity contribution < 1.29 is 14.3 Å². The molecule has 0 aromatic heterocycles. The lowest BCUT2D eigenvalue weighted by molar-refractivity contribution is -0.116. The molecule has 2 aromatic rings. The topological polar surface area (TPSA) is 59.6 Å². The van der Waals surface area contributed by atoms with Crippen molar-refractivity contribution in [3.05, 3.63) is 46.4 Å². The minimum absolute atomic E-state index is 0.235. The number of carbonyl (C=O) groups is 1. The van der Waals surface area contributed by atoms with E-state index in [-0.39, 0.29) is 5.91 Å². The van der Waals surface area contributed by atoms with Crippen LogP contribution in [0.4, 0.5) is 11.4 Å². The predicted octanol–water partition coefficient (Wildman–Crippen LogP) is 5.23. The molecule has 7 heteroatoms. The van der Waals surface area contributed by atoms with E-state index in [4.69, 9.17) is 32.7 Å². The third kappa shape index (κ3) is 5.44. The first kappa shape index (κ1) is 20.2. The first-order valence-electron chi connectivity index (χ1n) is 8.36. The lowest BCUT2D eigenvalue weighted by Crippen LogP contribution is -2.32. The molecule has 1 amide bonds. The van der Waals surface area contributed by atoms with E-state index < -0.39 is 6.04 Å². The van der Waals surface area contributed by atoms with Gasteiger partial charge in [-0.05, 0) is 51.1 Å². The summed E-state index contributed by atoms with van der Waals surface area (Å²) in [6.45, 7) is 6.64. The van der Waals surface area contributed by atoms with Crippen molar-refractivity contribution in [1.29, 1.82) is 0 Å². The molecule has 2 N–H and O–H groups in total. The Bertz CT molecular complexity index is 768. The van der Waals surface area contributed by atoms with E-state index in [9.17, 15) is 4.79 Å². The summed E-state index contributed by atoms with van der Waals surface area (Å²) in [5, 5.41) is 6.83. The highest BCUT2D eigenvalue weighted by molar-refractivity contribution is 6.35. The predicted molar refractivity (Wildman–Crippen MR) is 107 cm³/mol. The molecule has 26 heavy (non-hydrogen) atoms. The first-order chi connectivity index (χ1) is 12.4. The summed E-state index contributed by atoms with van der Waals surface area (Å²) in [6, 6.07) is 9.87. The minimum Gasteiger partial charge on any atom is -0.490 e. The summed E-state index contributed by atoms with van der Waals surface area (Å²) in [5.74, 6) is 1.06. The molecule has 0 bridgehead atoms. The maximum Gasteiger partial charge on any atom is 0.246 e. The number of carbonyl (C=O) groups excluding carboxylic acids is 1. The minimum atomic E-state index is -0.502. The van der Waals surface area contributed by atoms with Gasteiger partial charge in [-0.3, -0.25) is 4.79 Å². The second-order valence-electron chi connectivity index (χ2n) is 5.51. The zero-order chi connectivity index (χ0) is 19.1. The van der Waals surface area contributed by atoms with E-state index in [2.05, 4.69) is 10.6 Å². The van der Waals surface area contributed by atoms with Gasteiger partial charge in [0.05, 0.1) is 23.9 Å². The largest absolute Gasteiger partial charge is 0.490 e. The number of nitrogens with one attached hydrogen (secondary N) is 2. The average Bonchev–Trinajstić information content (AvgIpc) is 2.60. The maximum absolute atomic E-state index is 12.4. The van der Waals surface area contributed by atoms with E-state index >= 15 is 0 Å². The molecule has 0 fully saturated rings. The van der Waals surface area contributed by atoms with Crippen LogP contribution in [0, 0.1) is 0 Å². The molecular weight excluding hydrogens is 375 g/mol. The van der Waals surface area contributed by atoms with Gasteiger partial charge in [0.1, 0.15) is 6.04 Å². The number of amides is 1. The highest BCUT2D eigenvalue weighted by Gasteiger charge is 2.16. The summed E-state index contributed by atoms with van der Waals surface area (Å²) in [4.78, 5) is 12.4. The van der Waals surface area contributed by atoms with Crippen molar-refractivity contribution in [2.75, 3.05) is 23.8 Å². The van der Waals surface area contributed by atoms with Crippen molar-refractivity contribution >= 4 is 40.5 Å². The van der Waals surface area contributed by atoms with Gasteiger partial charge in [0.15, 0.2) is 11.5 Å². The standard InChI is InChI=1S/C19H22Cl2N2O3/c1-4-25-17-9-7-14(11-18(17)26-5-2)22-12(3)19(24)23-16-10-13(20)6-8-15(16)21/h6-12,22H,4-5H2,1-3H3,(H,23,24)/t12-/m0/s1. The molecule has 0 saturated heterocycles. The monoisotopic (exact) mass is 396 g/mol. The Labute approximate surface area is 163 Å². The fourth-order valence-electron chi connectivity index (χ4n) is 2.29. The summed E-state index contributed by atoms with van der Waals surface area (Å²) < 4.78 is 11.1. The van der Waals surface area contributed by atoms with Gasteiger partial charge < -0.3 is 20.1 Å². The average molecular weight is 397 g/mol.